The Morgan fingerprint density at radius 1 is 1.25 bits per heavy atom. The van der Waals surface area contributed by atoms with Crippen molar-refractivity contribution < 1.29 is 14.7 Å². The molecule has 1 aliphatic heterocycles. The third-order valence-electron chi connectivity index (χ3n) is 3.87. The average molecular weight is 271 g/mol. The van der Waals surface area contributed by atoms with E-state index in [4.69, 9.17) is 4.74 Å². The fourth-order valence-electron chi connectivity index (χ4n) is 3.03. The Morgan fingerprint density at radius 2 is 1.95 bits per heavy atom. The number of benzene rings is 1. The molecule has 2 aliphatic rings. The quantitative estimate of drug-likeness (QED) is 0.630. The summed E-state index contributed by atoms with van der Waals surface area (Å²) in [5.41, 5.74) is 1.46. The van der Waals surface area contributed by atoms with Gasteiger partial charge in [0.25, 0.3) is 0 Å². The van der Waals surface area contributed by atoms with E-state index in [1.807, 2.05) is 44.2 Å². The Hall–Kier alpha value is -2.10. The summed E-state index contributed by atoms with van der Waals surface area (Å²) in [5.74, 6) is 0.573. The summed E-state index contributed by atoms with van der Waals surface area (Å²) in [4.78, 5) is 12.5. The highest BCUT2D eigenvalue weighted by Crippen LogP contribution is 2.46. The normalized spacial score (nSPS) is 26.6. The van der Waals surface area contributed by atoms with Crippen LogP contribution in [0.2, 0.25) is 0 Å². The van der Waals surface area contributed by atoms with E-state index in [0.717, 1.165) is 5.56 Å². The molecule has 0 bridgehead atoms. The van der Waals surface area contributed by atoms with Gasteiger partial charge >= 0.3 is 0 Å². The molecule has 0 radical (unpaired) electrons. The first-order valence-electron chi connectivity index (χ1n) is 6.73. The highest BCUT2D eigenvalue weighted by molar-refractivity contribution is 6.08. The lowest BCUT2D eigenvalue weighted by molar-refractivity contribution is -0.118. The fourth-order valence-corrected chi connectivity index (χ4v) is 3.03. The van der Waals surface area contributed by atoms with Crippen molar-refractivity contribution in [1.29, 1.82) is 0 Å². The minimum Gasteiger partial charge on any atom is -0.443 e. The number of carbonyl (C=O) groups excluding carboxylic acids is 1. The Morgan fingerprint density at radius 3 is 2.60 bits per heavy atom. The fraction of sp³-hybridized carbons (Fsp3) is 0.375. The van der Waals surface area contributed by atoms with Crippen LogP contribution >= 0.6 is 0 Å². The third-order valence-corrected chi connectivity index (χ3v) is 3.87. The highest BCUT2D eigenvalue weighted by atomic mass is 16.5. The molecule has 0 saturated carbocycles. The van der Waals surface area contributed by atoms with Crippen LogP contribution in [0.25, 0.3) is 0 Å². The van der Waals surface area contributed by atoms with Crippen molar-refractivity contribution in [3.63, 3.8) is 0 Å². The second-order valence-corrected chi connectivity index (χ2v) is 6.16. The lowest BCUT2D eigenvalue weighted by Crippen LogP contribution is -2.26. The number of rotatable bonds is 1. The molecule has 0 saturated heterocycles. The van der Waals surface area contributed by atoms with E-state index in [-0.39, 0.29) is 23.0 Å². The monoisotopic (exact) mass is 271 g/mol. The standard InChI is InChI=1S/C16H17NO3/c1-16(2)8-11(18)14-12(9-16)20-15(17-19)13(14)10-6-4-3-5-7-10/h3-7,13,19H,8-9H2,1-2H3/b17-15-. The van der Waals surface area contributed by atoms with E-state index in [1.54, 1.807) is 0 Å². The summed E-state index contributed by atoms with van der Waals surface area (Å²) in [6, 6.07) is 9.56. The number of hydrogen-bond donors (Lipinski definition) is 1. The van der Waals surface area contributed by atoms with Crippen molar-refractivity contribution in [2.45, 2.75) is 32.6 Å². The van der Waals surface area contributed by atoms with Crippen LogP contribution in [0.3, 0.4) is 0 Å². The van der Waals surface area contributed by atoms with Crippen molar-refractivity contribution in [3.05, 3.63) is 47.2 Å². The Balaban J connectivity index is 2.09. The Bertz CT molecular complexity index is 614. The highest BCUT2D eigenvalue weighted by Gasteiger charge is 2.45. The molecule has 1 N–H and O–H groups in total. The molecule has 1 aliphatic carbocycles. The van der Waals surface area contributed by atoms with Crippen LogP contribution in [-0.2, 0) is 9.53 Å². The molecule has 4 nitrogen and oxygen atoms in total. The smallest absolute Gasteiger partial charge is 0.242 e. The molecule has 1 atom stereocenters. The molecular weight excluding hydrogens is 254 g/mol. The predicted octanol–water partition coefficient (Wildman–Crippen LogP) is 3.23. The second-order valence-electron chi connectivity index (χ2n) is 6.16. The minimum atomic E-state index is -0.375. The van der Waals surface area contributed by atoms with Gasteiger partial charge in [-0.05, 0) is 11.0 Å². The zero-order chi connectivity index (χ0) is 14.3. The number of ketones is 1. The van der Waals surface area contributed by atoms with Crippen LogP contribution in [0.15, 0.2) is 46.8 Å². The lowest BCUT2D eigenvalue weighted by Gasteiger charge is -2.28. The second kappa shape index (κ2) is 4.47. The van der Waals surface area contributed by atoms with Gasteiger partial charge in [0.1, 0.15) is 5.76 Å². The first kappa shape index (κ1) is 12.9. The molecule has 0 fully saturated rings. The summed E-state index contributed by atoms with van der Waals surface area (Å²) in [5, 5.41) is 12.4. The van der Waals surface area contributed by atoms with Crippen LogP contribution < -0.4 is 0 Å². The van der Waals surface area contributed by atoms with Crippen LogP contribution in [-0.4, -0.2) is 16.9 Å². The number of hydrogen-bond acceptors (Lipinski definition) is 4. The Labute approximate surface area is 117 Å². The number of carbonyl (C=O) groups is 1. The van der Waals surface area contributed by atoms with E-state index in [2.05, 4.69) is 5.16 Å². The molecule has 0 aromatic heterocycles. The molecule has 1 aromatic rings. The van der Waals surface area contributed by atoms with Gasteiger partial charge < -0.3 is 9.94 Å². The van der Waals surface area contributed by atoms with E-state index in [1.165, 1.54) is 0 Å². The lowest BCUT2D eigenvalue weighted by atomic mass is 9.73. The molecule has 3 rings (SSSR count). The van der Waals surface area contributed by atoms with Gasteiger partial charge in [0.05, 0.1) is 11.5 Å². The van der Waals surface area contributed by atoms with Crippen molar-refractivity contribution >= 4 is 11.7 Å². The van der Waals surface area contributed by atoms with Crippen molar-refractivity contribution in [1.82, 2.24) is 0 Å². The first-order chi connectivity index (χ1) is 9.52. The summed E-state index contributed by atoms with van der Waals surface area (Å²) in [6.45, 7) is 4.09. The maximum absolute atomic E-state index is 12.5. The van der Waals surface area contributed by atoms with Crippen LogP contribution in [0.4, 0.5) is 0 Å². The van der Waals surface area contributed by atoms with Gasteiger partial charge in [0.2, 0.25) is 5.90 Å². The zero-order valence-corrected chi connectivity index (χ0v) is 11.6. The van der Waals surface area contributed by atoms with Gasteiger partial charge in [-0.2, -0.15) is 0 Å². The van der Waals surface area contributed by atoms with E-state index < -0.39 is 0 Å². The molecule has 20 heavy (non-hydrogen) atoms. The molecule has 0 spiro atoms. The molecule has 4 heteroatoms. The van der Waals surface area contributed by atoms with Crippen molar-refractivity contribution in [2.75, 3.05) is 0 Å². The average Bonchev–Trinajstić information content (AvgIpc) is 2.76. The zero-order valence-electron chi connectivity index (χ0n) is 11.6. The van der Waals surface area contributed by atoms with Gasteiger partial charge in [-0.3, -0.25) is 4.79 Å². The van der Waals surface area contributed by atoms with E-state index in [0.29, 0.717) is 24.2 Å². The van der Waals surface area contributed by atoms with E-state index >= 15 is 0 Å². The number of nitrogens with zero attached hydrogens (tertiary/aromatic N) is 1. The maximum atomic E-state index is 12.5. The summed E-state index contributed by atoms with van der Waals surface area (Å²) >= 11 is 0. The van der Waals surface area contributed by atoms with Crippen LogP contribution in [0, 0.1) is 5.41 Å². The number of oxime groups is 1. The SMILES string of the molecule is CC1(C)CC(=O)C2=C(C1)O/C(=N\O)C2c1ccccc1. The van der Waals surface area contributed by atoms with E-state index in [9.17, 15) is 10.0 Å². The molecular formula is C16H17NO3. The van der Waals surface area contributed by atoms with Crippen molar-refractivity contribution in [2.24, 2.45) is 10.6 Å². The number of allylic oxidation sites excluding steroid dienone is 1. The number of ether oxygens (including phenoxy) is 1. The van der Waals surface area contributed by atoms with Crippen molar-refractivity contribution in [3.8, 4) is 0 Å². The van der Waals surface area contributed by atoms with Gasteiger partial charge in [0, 0.05) is 12.8 Å². The molecule has 0 amide bonds. The van der Waals surface area contributed by atoms with Gasteiger partial charge in [-0.1, -0.05) is 49.3 Å². The largest absolute Gasteiger partial charge is 0.443 e. The maximum Gasteiger partial charge on any atom is 0.242 e. The van der Waals surface area contributed by atoms with Gasteiger partial charge in [-0.15, -0.1) is 0 Å². The molecule has 1 aromatic carbocycles. The molecule has 1 unspecified atom stereocenters. The van der Waals surface area contributed by atoms with Crippen LogP contribution in [0.1, 0.15) is 38.2 Å². The molecule has 104 valence electrons. The predicted molar refractivity (Wildman–Crippen MR) is 74.5 cm³/mol. The summed E-state index contributed by atoms with van der Waals surface area (Å²) in [7, 11) is 0. The summed E-state index contributed by atoms with van der Waals surface area (Å²) < 4.78 is 5.65. The van der Waals surface area contributed by atoms with Crippen LogP contribution in [0.5, 0.6) is 0 Å². The minimum absolute atomic E-state index is 0.0868. The topological polar surface area (TPSA) is 58.9 Å². The Kier molecular flexibility index (Phi) is 2.89. The van der Waals surface area contributed by atoms with Gasteiger partial charge in [0.15, 0.2) is 5.78 Å². The summed E-state index contributed by atoms with van der Waals surface area (Å²) in [6.07, 6.45) is 1.19. The van der Waals surface area contributed by atoms with Gasteiger partial charge in [-0.25, -0.2) is 0 Å². The first-order valence-corrected chi connectivity index (χ1v) is 6.73. The third kappa shape index (κ3) is 2.01. The number of Topliss-reactive ketones (excluding diaryl/α,β-unsaturated/α-hetero) is 1. The molecule has 1 heterocycles.